The largest absolute Gasteiger partial charge is 0.506 e. The van der Waals surface area contributed by atoms with Crippen LogP contribution in [0.1, 0.15) is 13.8 Å². The molecule has 0 aromatic heterocycles. The van der Waals surface area contributed by atoms with Crippen LogP contribution in [0.25, 0.3) is 11.1 Å². The molecule has 0 heterocycles. The molecule has 0 bridgehead atoms. The van der Waals surface area contributed by atoms with Crippen molar-refractivity contribution in [3.05, 3.63) is 38.6 Å². The molecule has 0 fully saturated rings. The van der Waals surface area contributed by atoms with Crippen LogP contribution >= 0.6 is 0 Å². The molecule has 0 aliphatic heterocycles. The van der Waals surface area contributed by atoms with E-state index in [-0.39, 0.29) is 11.3 Å². The lowest BCUT2D eigenvalue weighted by atomic mass is 9.99. The van der Waals surface area contributed by atoms with Gasteiger partial charge in [-0.15, -0.1) is 0 Å². The van der Waals surface area contributed by atoms with Crippen LogP contribution < -0.4 is 15.8 Å². The van der Waals surface area contributed by atoms with Gasteiger partial charge >= 0.3 is 0 Å². The fourth-order valence-electron chi connectivity index (χ4n) is 2.16. The van der Waals surface area contributed by atoms with Crippen LogP contribution in [0.2, 0.25) is 0 Å². The molecule has 0 saturated heterocycles. The summed E-state index contributed by atoms with van der Waals surface area (Å²) in [7, 11) is 0. The maximum Gasteiger partial charge on any atom is 0.268 e. The summed E-state index contributed by atoms with van der Waals surface area (Å²) in [6.07, 6.45) is 0. The summed E-state index contributed by atoms with van der Waals surface area (Å²) in [5.74, 6) is -0.506. The number of aromatic hydroxyl groups is 2. The number of rotatable bonds is 4. The third-order valence-electron chi connectivity index (χ3n) is 3.25. The lowest BCUT2D eigenvalue weighted by Crippen LogP contribution is -2.31. The zero-order valence-corrected chi connectivity index (χ0v) is 10.8. The van der Waals surface area contributed by atoms with E-state index >= 15 is 0 Å². The highest BCUT2D eigenvalue weighted by Crippen LogP contribution is 2.33. The maximum atomic E-state index is 11.4. The van der Waals surface area contributed by atoms with Gasteiger partial charge < -0.3 is 15.1 Å². The predicted octanol–water partition coefficient (Wildman–Crippen LogP) is 1.21. The average molecular weight is 261 g/mol. The van der Waals surface area contributed by atoms with Gasteiger partial charge in [0.1, 0.15) is 5.75 Å². The van der Waals surface area contributed by atoms with E-state index in [1.807, 2.05) is 18.7 Å². The predicted molar refractivity (Wildman–Crippen MR) is 73.7 cm³/mol. The zero-order valence-electron chi connectivity index (χ0n) is 10.8. The highest BCUT2D eigenvalue weighted by atomic mass is 16.3. The van der Waals surface area contributed by atoms with Crippen LogP contribution in [-0.4, -0.2) is 23.3 Å². The minimum Gasteiger partial charge on any atom is -0.506 e. The van der Waals surface area contributed by atoms with Crippen LogP contribution in [0.4, 0.5) is 5.69 Å². The molecule has 0 amide bonds. The van der Waals surface area contributed by atoms with Gasteiger partial charge in [-0.3, -0.25) is 9.59 Å². The van der Waals surface area contributed by atoms with Crippen LogP contribution in [-0.2, 0) is 0 Å². The maximum absolute atomic E-state index is 11.4. The van der Waals surface area contributed by atoms with Gasteiger partial charge in [0.15, 0.2) is 5.75 Å². The van der Waals surface area contributed by atoms with Crippen molar-refractivity contribution in [3.63, 3.8) is 0 Å². The van der Waals surface area contributed by atoms with E-state index in [0.717, 1.165) is 13.1 Å². The van der Waals surface area contributed by atoms with E-state index in [2.05, 4.69) is 0 Å². The Morgan fingerprint density at radius 2 is 1.68 bits per heavy atom. The summed E-state index contributed by atoms with van der Waals surface area (Å²) in [4.78, 5) is 24.3. The van der Waals surface area contributed by atoms with Gasteiger partial charge in [0, 0.05) is 13.1 Å². The summed E-state index contributed by atoms with van der Waals surface area (Å²) >= 11 is 0. The summed E-state index contributed by atoms with van der Waals surface area (Å²) < 4.78 is 0. The lowest BCUT2D eigenvalue weighted by molar-refractivity contribution is 0.465. The Morgan fingerprint density at radius 3 is 2.16 bits per heavy atom. The van der Waals surface area contributed by atoms with Crippen molar-refractivity contribution in [2.45, 2.75) is 13.8 Å². The van der Waals surface area contributed by atoms with Crippen molar-refractivity contribution in [2.24, 2.45) is 0 Å². The van der Waals surface area contributed by atoms with E-state index in [4.69, 9.17) is 0 Å². The third kappa shape index (κ3) is 1.97. The van der Waals surface area contributed by atoms with Crippen molar-refractivity contribution in [3.8, 4) is 22.6 Å². The third-order valence-corrected chi connectivity index (χ3v) is 3.25. The topological polar surface area (TPSA) is 77.8 Å². The van der Waals surface area contributed by atoms with Crippen LogP contribution in [0.5, 0.6) is 11.5 Å². The summed E-state index contributed by atoms with van der Waals surface area (Å²) in [5, 5.41) is 19.4. The molecule has 0 unspecified atom stereocenters. The second-order valence-corrected chi connectivity index (χ2v) is 4.26. The number of benzene rings is 1. The van der Waals surface area contributed by atoms with E-state index < -0.39 is 16.6 Å². The SMILES string of the molecule is CCN(CC)c1ccc(-c2c(O)c(=O)c2=O)cc1O. The molecule has 2 aromatic carbocycles. The molecule has 2 N–H and O–H groups in total. The molecule has 5 heteroatoms. The Hall–Kier alpha value is -2.30. The van der Waals surface area contributed by atoms with Crippen LogP contribution in [0, 0.1) is 0 Å². The smallest absolute Gasteiger partial charge is 0.268 e. The van der Waals surface area contributed by atoms with Gasteiger partial charge in [-0.25, -0.2) is 0 Å². The van der Waals surface area contributed by atoms with Crippen molar-refractivity contribution < 1.29 is 10.2 Å². The molecule has 0 radical (unpaired) electrons. The Bertz CT molecular complexity index is 679. The lowest BCUT2D eigenvalue weighted by Gasteiger charge is -2.22. The highest BCUT2D eigenvalue weighted by Gasteiger charge is 2.22. The molecule has 100 valence electrons. The van der Waals surface area contributed by atoms with E-state index in [1.54, 1.807) is 12.1 Å². The Morgan fingerprint density at radius 1 is 1.05 bits per heavy atom. The molecule has 0 saturated carbocycles. The summed E-state index contributed by atoms with van der Waals surface area (Å²) in [5.41, 5.74) is -0.594. The first-order valence-electron chi connectivity index (χ1n) is 6.11. The number of nitrogens with zero attached hydrogens (tertiary/aromatic N) is 1. The van der Waals surface area contributed by atoms with Gasteiger partial charge in [0.05, 0.1) is 11.3 Å². The fraction of sp³-hybridized carbons (Fsp3) is 0.286. The van der Waals surface area contributed by atoms with E-state index in [0.29, 0.717) is 11.3 Å². The molecule has 5 nitrogen and oxygen atoms in total. The monoisotopic (exact) mass is 261 g/mol. The van der Waals surface area contributed by atoms with E-state index in [9.17, 15) is 19.8 Å². The van der Waals surface area contributed by atoms with Crippen molar-refractivity contribution >= 4 is 5.69 Å². The average Bonchev–Trinajstić information content (AvgIpc) is 2.42. The minimum atomic E-state index is -0.873. The normalized spacial score (nSPS) is 10.8. The number of phenols is 1. The van der Waals surface area contributed by atoms with Crippen LogP contribution in [0.3, 0.4) is 0 Å². The number of anilines is 1. The number of phenolic OH excluding ortho intramolecular Hbond substituents is 1. The molecule has 0 aliphatic carbocycles. The molecule has 0 spiro atoms. The first-order valence-corrected chi connectivity index (χ1v) is 6.11. The van der Waals surface area contributed by atoms with Gasteiger partial charge in [-0.05, 0) is 31.5 Å². The Kier molecular flexibility index (Phi) is 3.29. The van der Waals surface area contributed by atoms with E-state index in [1.165, 1.54) is 6.07 Å². The van der Waals surface area contributed by atoms with Gasteiger partial charge in [-0.1, -0.05) is 6.07 Å². The van der Waals surface area contributed by atoms with Gasteiger partial charge in [0.25, 0.3) is 5.43 Å². The Labute approximate surface area is 110 Å². The van der Waals surface area contributed by atoms with Crippen molar-refractivity contribution in [1.82, 2.24) is 0 Å². The summed E-state index contributed by atoms with van der Waals surface area (Å²) in [6, 6.07) is 4.68. The standard InChI is InChI=1S/C14H15NO4/c1-3-15(4-2)9-6-5-8(7-10(9)16)11-12(17)14(19)13(11)18/h5-7,16-17H,3-4H2,1-2H3. The number of hydrogen-bond donors (Lipinski definition) is 2. The fourth-order valence-corrected chi connectivity index (χ4v) is 2.16. The Balaban J connectivity index is 2.46. The molecule has 2 aromatic rings. The first kappa shape index (κ1) is 13.1. The molecule has 0 atom stereocenters. The molecular weight excluding hydrogens is 246 g/mol. The minimum absolute atomic E-state index is 0.0219. The second kappa shape index (κ2) is 4.76. The van der Waals surface area contributed by atoms with Gasteiger partial charge in [0.2, 0.25) is 5.43 Å². The first-order chi connectivity index (χ1) is 9.01. The second-order valence-electron chi connectivity index (χ2n) is 4.26. The zero-order chi connectivity index (χ0) is 14.2. The number of hydrogen-bond acceptors (Lipinski definition) is 5. The molecule has 19 heavy (non-hydrogen) atoms. The summed E-state index contributed by atoms with van der Waals surface area (Å²) in [6.45, 7) is 5.43. The van der Waals surface area contributed by atoms with Crippen molar-refractivity contribution in [1.29, 1.82) is 0 Å². The quantitative estimate of drug-likeness (QED) is 0.809. The molecule has 2 rings (SSSR count). The molecule has 0 aliphatic rings. The van der Waals surface area contributed by atoms with Crippen molar-refractivity contribution in [2.75, 3.05) is 18.0 Å². The molecular formula is C14H15NO4. The highest BCUT2D eigenvalue weighted by molar-refractivity contribution is 5.77. The van der Waals surface area contributed by atoms with Gasteiger partial charge in [-0.2, -0.15) is 0 Å². The van der Waals surface area contributed by atoms with Crippen LogP contribution in [0.15, 0.2) is 27.8 Å².